The van der Waals surface area contributed by atoms with Crippen molar-refractivity contribution in [1.29, 1.82) is 0 Å². The number of hydrogen-bond donors (Lipinski definition) is 2. The van der Waals surface area contributed by atoms with Gasteiger partial charge in [-0.1, -0.05) is 37.3 Å². The van der Waals surface area contributed by atoms with E-state index in [0.29, 0.717) is 12.1 Å². The van der Waals surface area contributed by atoms with E-state index >= 15 is 0 Å². The first-order valence-electron chi connectivity index (χ1n) is 7.73. The van der Waals surface area contributed by atoms with Crippen LogP contribution >= 0.6 is 0 Å². The molecule has 2 N–H and O–H groups in total. The first kappa shape index (κ1) is 15.0. The monoisotopic (exact) mass is 274 g/mol. The zero-order valence-corrected chi connectivity index (χ0v) is 12.7. The molecule has 0 bridgehead atoms. The zero-order valence-electron chi connectivity index (χ0n) is 12.7. The second-order valence-corrected chi connectivity index (χ2v) is 5.92. The van der Waals surface area contributed by atoms with Crippen molar-refractivity contribution in [2.24, 2.45) is 0 Å². The molecule has 0 radical (unpaired) electrons. The van der Waals surface area contributed by atoms with Crippen molar-refractivity contribution in [1.82, 2.24) is 10.6 Å². The second-order valence-electron chi connectivity index (χ2n) is 5.92. The highest BCUT2D eigenvalue weighted by Crippen LogP contribution is 2.21. The van der Waals surface area contributed by atoms with Crippen LogP contribution in [0, 0.1) is 0 Å². The highest BCUT2D eigenvalue weighted by atomic mass is 16.1. The van der Waals surface area contributed by atoms with Gasteiger partial charge in [0.1, 0.15) is 0 Å². The molecule has 0 aliphatic carbocycles. The van der Waals surface area contributed by atoms with E-state index < -0.39 is 0 Å². The first-order valence-corrected chi connectivity index (χ1v) is 7.73. The van der Waals surface area contributed by atoms with Gasteiger partial charge in [0.2, 0.25) is 5.91 Å². The molecule has 3 heteroatoms. The summed E-state index contributed by atoms with van der Waals surface area (Å²) in [4.78, 5) is 12.5. The Bertz CT molecular complexity index is 432. The van der Waals surface area contributed by atoms with E-state index in [9.17, 15) is 4.79 Å². The summed E-state index contributed by atoms with van der Waals surface area (Å²) in [5.74, 6) is 0.120. The summed E-state index contributed by atoms with van der Waals surface area (Å²) in [7, 11) is 0. The third kappa shape index (κ3) is 3.60. The maximum atomic E-state index is 12.5. The molecule has 1 amide bonds. The fraction of sp³-hybridized carbons (Fsp3) is 0.588. The van der Waals surface area contributed by atoms with Crippen LogP contribution < -0.4 is 10.6 Å². The lowest BCUT2D eigenvalue weighted by atomic mass is 9.92. The molecule has 1 aromatic rings. The quantitative estimate of drug-likeness (QED) is 0.886. The zero-order chi connectivity index (χ0) is 14.5. The van der Waals surface area contributed by atoms with E-state index in [2.05, 4.69) is 31.4 Å². The van der Waals surface area contributed by atoms with Gasteiger partial charge in [0.05, 0.1) is 5.92 Å². The summed E-state index contributed by atoms with van der Waals surface area (Å²) in [6.45, 7) is 6.43. The Morgan fingerprint density at radius 1 is 1.30 bits per heavy atom. The molecule has 20 heavy (non-hydrogen) atoms. The molecule has 1 heterocycles. The van der Waals surface area contributed by atoms with Crippen molar-refractivity contribution in [3.8, 4) is 0 Å². The number of carbonyl (C=O) groups excluding carboxylic acids is 1. The van der Waals surface area contributed by atoms with Crippen molar-refractivity contribution >= 4 is 5.91 Å². The third-order valence-corrected chi connectivity index (χ3v) is 4.32. The number of amides is 1. The van der Waals surface area contributed by atoms with Crippen molar-refractivity contribution in [2.75, 3.05) is 0 Å². The largest absolute Gasteiger partial charge is 0.351 e. The van der Waals surface area contributed by atoms with Gasteiger partial charge in [-0.25, -0.2) is 0 Å². The normalized spacial score (nSPS) is 27.9. The molecule has 3 nitrogen and oxygen atoms in total. The fourth-order valence-corrected chi connectivity index (χ4v) is 3.07. The molecule has 0 spiro atoms. The van der Waals surface area contributed by atoms with Crippen LogP contribution in [-0.4, -0.2) is 24.0 Å². The average molecular weight is 274 g/mol. The van der Waals surface area contributed by atoms with Crippen molar-refractivity contribution < 1.29 is 4.79 Å². The molecule has 1 aromatic carbocycles. The summed E-state index contributed by atoms with van der Waals surface area (Å²) in [5, 5.41) is 6.75. The van der Waals surface area contributed by atoms with E-state index in [1.54, 1.807) is 0 Å². The molecule has 4 unspecified atom stereocenters. The van der Waals surface area contributed by atoms with Crippen LogP contribution in [-0.2, 0) is 4.79 Å². The summed E-state index contributed by atoms with van der Waals surface area (Å²) in [5.41, 5.74) is 1.11. The van der Waals surface area contributed by atoms with Crippen LogP contribution in [0.2, 0.25) is 0 Å². The molecule has 1 aliphatic rings. The third-order valence-electron chi connectivity index (χ3n) is 4.32. The molecule has 110 valence electrons. The topological polar surface area (TPSA) is 41.1 Å². The number of carbonyl (C=O) groups is 1. The van der Waals surface area contributed by atoms with Crippen LogP contribution in [0.1, 0.15) is 51.5 Å². The second kappa shape index (κ2) is 6.89. The van der Waals surface area contributed by atoms with E-state index in [0.717, 1.165) is 24.8 Å². The lowest BCUT2D eigenvalue weighted by Gasteiger charge is -2.35. The van der Waals surface area contributed by atoms with Gasteiger partial charge in [-0.15, -0.1) is 0 Å². The lowest BCUT2D eigenvalue weighted by molar-refractivity contribution is -0.123. The minimum absolute atomic E-state index is 0.0391. The van der Waals surface area contributed by atoms with Crippen LogP contribution in [0.5, 0.6) is 0 Å². The van der Waals surface area contributed by atoms with Crippen molar-refractivity contribution in [2.45, 2.75) is 64.1 Å². The van der Waals surface area contributed by atoms with E-state index in [4.69, 9.17) is 0 Å². The lowest BCUT2D eigenvalue weighted by Crippen LogP contribution is -2.55. The smallest absolute Gasteiger partial charge is 0.227 e. The van der Waals surface area contributed by atoms with Gasteiger partial charge in [-0.3, -0.25) is 4.79 Å². The van der Waals surface area contributed by atoms with Gasteiger partial charge in [-0.2, -0.15) is 0 Å². The SMILES string of the molecule is CCC(C(=O)NC1CCC(C)NC1C)c1ccccc1. The van der Waals surface area contributed by atoms with Crippen molar-refractivity contribution in [3.05, 3.63) is 35.9 Å². The molecule has 1 saturated heterocycles. The Balaban J connectivity index is 1.99. The molecule has 0 saturated carbocycles. The molecule has 2 rings (SSSR count). The van der Waals surface area contributed by atoms with Crippen LogP contribution in [0.25, 0.3) is 0 Å². The molecular formula is C17H26N2O. The van der Waals surface area contributed by atoms with E-state index in [1.807, 2.05) is 30.3 Å². The summed E-state index contributed by atoms with van der Waals surface area (Å²) in [6.07, 6.45) is 3.02. The fourth-order valence-electron chi connectivity index (χ4n) is 3.07. The minimum Gasteiger partial charge on any atom is -0.351 e. The van der Waals surface area contributed by atoms with Gasteiger partial charge in [0.25, 0.3) is 0 Å². The summed E-state index contributed by atoms with van der Waals surface area (Å²) >= 11 is 0. The molecular weight excluding hydrogens is 248 g/mol. The van der Waals surface area contributed by atoms with Gasteiger partial charge in [0, 0.05) is 18.1 Å². The van der Waals surface area contributed by atoms with E-state index in [1.165, 1.54) is 0 Å². The highest BCUT2D eigenvalue weighted by molar-refractivity contribution is 5.83. The number of piperidine rings is 1. The summed E-state index contributed by atoms with van der Waals surface area (Å²) < 4.78 is 0. The van der Waals surface area contributed by atoms with Crippen LogP contribution in [0.3, 0.4) is 0 Å². The predicted octanol–water partition coefficient (Wildman–Crippen LogP) is 2.83. The Labute approximate surface area is 122 Å². The molecule has 1 fully saturated rings. The average Bonchev–Trinajstić information content (AvgIpc) is 2.44. The number of benzene rings is 1. The number of hydrogen-bond acceptors (Lipinski definition) is 2. The Hall–Kier alpha value is -1.35. The van der Waals surface area contributed by atoms with Gasteiger partial charge in [0.15, 0.2) is 0 Å². The maximum Gasteiger partial charge on any atom is 0.227 e. The van der Waals surface area contributed by atoms with Gasteiger partial charge >= 0.3 is 0 Å². The minimum atomic E-state index is -0.0391. The summed E-state index contributed by atoms with van der Waals surface area (Å²) in [6, 6.07) is 11.2. The first-order chi connectivity index (χ1) is 9.61. The molecule has 0 aromatic heterocycles. The number of nitrogens with one attached hydrogen (secondary N) is 2. The van der Waals surface area contributed by atoms with Gasteiger partial charge < -0.3 is 10.6 Å². The Morgan fingerprint density at radius 3 is 2.60 bits per heavy atom. The predicted molar refractivity (Wildman–Crippen MR) is 82.7 cm³/mol. The Morgan fingerprint density at radius 2 is 2.00 bits per heavy atom. The highest BCUT2D eigenvalue weighted by Gasteiger charge is 2.28. The maximum absolute atomic E-state index is 12.5. The number of rotatable bonds is 4. The van der Waals surface area contributed by atoms with Crippen LogP contribution in [0.4, 0.5) is 0 Å². The van der Waals surface area contributed by atoms with E-state index in [-0.39, 0.29) is 17.9 Å². The molecule has 4 atom stereocenters. The van der Waals surface area contributed by atoms with Gasteiger partial charge in [-0.05, 0) is 38.7 Å². The van der Waals surface area contributed by atoms with Crippen molar-refractivity contribution in [3.63, 3.8) is 0 Å². The standard InChI is InChI=1S/C17H26N2O/c1-4-15(14-8-6-5-7-9-14)17(20)19-16-11-10-12(2)18-13(16)3/h5-9,12-13,15-16,18H,4,10-11H2,1-3H3,(H,19,20). The van der Waals surface area contributed by atoms with Crippen LogP contribution in [0.15, 0.2) is 30.3 Å². The Kier molecular flexibility index (Phi) is 5.18. The molecule has 1 aliphatic heterocycles.